The van der Waals surface area contributed by atoms with Crippen LogP contribution in [0, 0.1) is 0 Å². The molecule has 0 heterocycles. The van der Waals surface area contributed by atoms with Gasteiger partial charge in [0.2, 0.25) is 0 Å². The molecule has 0 rings (SSSR count). The van der Waals surface area contributed by atoms with Crippen LogP contribution in [0.15, 0.2) is 0 Å². The number of thiol groups is 2. The SMILES string of the molecule is CC(C)NCCC(S)CNCCNCC(C)(C)S. The first kappa shape index (κ1) is 18.6. The topological polar surface area (TPSA) is 36.1 Å². The van der Waals surface area contributed by atoms with Gasteiger partial charge in [0.05, 0.1) is 0 Å². The molecule has 1 atom stereocenters. The van der Waals surface area contributed by atoms with Gasteiger partial charge in [-0.2, -0.15) is 25.3 Å². The molecule has 0 saturated heterocycles. The Morgan fingerprint density at radius 1 is 1.06 bits per heavy atom. The van der Waals surface area contributed by atoms with E-state index >= 15 is 0 Å². The van der Waals surface area contributed by atoms with Crippen molar-refractivity contribution in [3.63, 3.8) is 0 Å². The van der Waals surface area contributed by atoms with Gasteiger partial charge in [0, 0.05) is 42.2 Å². The second kappa shape index (κ2) is 10.4. The molecule has 0 fully saturated rings. The third-order valence-corrected chi connectivity index (χ3v) is 3.05. The molecule has 5 heteroatoms. The Morgan fingerprint density at radius 2 is 1.67 bits per heavy atom. The fraction of sp³-hybridized carbons (Fsp3) is 1.00. The highest BCUT2D eigenvalue weighted by molar-refractivity contribution is 7.81. The lowest BCUT2D eigenvalue weighted by Gasteiger charge is -2.18. The van der Waals surface area contributed by atoms with Crippen molar-refractivity contribution in [3.05, 3.63) is 0 Å². The van der Waals surface area contributed by atoms with Crippen molar-refractivity contribution in [2.24, 2.45) is 0 Å². The van der Waals surface area contributed by atoms with Crippen LogP contribution in [0.4, 0.5) is 0 Å². The molecule has 1 unspecified atom stereocenters. The quantitative estimate of drug-likeness (QED) is 0.296. The summed E-state index contributed by atoms with van der Waals surface area (Å²) in [4.78, 5) is 0. The normalized spacial score (nSPS) is 14.2. The lowest BCUT2D eigenvalue weighted by molar-refractivity contribution is 0.535. The Hall–Kier alpha value is 0.580. The summed E-state index contributed by atoms with van der Waals surface area (Å²) in [6.45, 7) is 13.5. The van der Waals surface area contributed by atoms with Crippen LogP contribution in [0.1, 0.15) is 34.1 Å². The van der Waals surface area contributed by atoms with Gasteiger partial charge in [-0.05, 0) is 26.8 Å². The van der Waals surface area contributed by atoms with E-state index < -0.39 is 0 Å². The lowest BCUT2D eigenvalue weighted by Crippen LogP contribution is -2.37. The Balaban J connectivity index is 3.27. The molecule has 3 nitrogen and oxygen atoms in total. The van der Waals surface area contributed by atoms with Crippen molar-refractivity contribution in [3.8, 4) is 0 Å². The second-order valence-electron chi connectivity index (χ2n) is 5.74. The van der Waals surface area contributed by atoms with Gasteiger partial charge < -0.3 is 16.0 Å². The van der Waals surface area contributed by atoms with Gasteiger partial charge in [0.1, 0.15) is 0 Å². The van der Waals surface area contributed by atoms with E-state index in [1.54, 1.807) is 0 Å². The van der Waals surface area contributed by atoms with E-state index in [1.807, 2.05) is 0 Å². The second-order valence-corrected chi connectivity index (χ2v) is 7.69. The maximum atomic E-state index is 4.57. The summed E-state index contributed by atoms with van der Waals surface area (Å²) >= 11 is 9.03. The van der Waals surface area contributed by atoms with Gasteiger partial charge in [0.25, 0.3) is 0 Å². The maximum Gasteiger partial charge on any atom is 0.0198 e. The molecule has 3 N–H and O–H groups in total. The van der Waals surface area contributed by atoms with Crippen LogP contribution in [-0.4, -0.2) is 48.8 Å². The molecule has 0 aliphatic rings. The molecule has 110 valence electrons. The van der Waals surface area contributed by atoms with Gasteiger partial charge in [-0.15, -0.1) is 0 Å². The molecular formula is C13H31N3S2. The van der Waals surface area contributed by atoms with Crippen molar-refractivity contribution in [2.45, 2.75) is 50.2 Å². The standard InChI is InChI=1S/C13H31N3S2/c1-11(2)16-6-5-12(17)9-14-7-8-15-10-13(3,4)18/h11-12,14-18H,5-10H2,1-4H3. The van der Waals surface area contributed by atoms with Crippen LogP contribution < -0.4 is 16.0 Å². The number of nitrogens with one attached hydrogen (secondary N) is 3. The number of hydrogen-bond acceptors (Lipinski definition) is 5. The van der Waals surface area contributed by atoms with Gasteiger partial charge in [-0.1, -0.05) is 13.8 Å². The van der Waals surface area contributed by atoms with Crippen molar-refractivity contribution in [2.75, 3.05) is 32.7 Å². The first-order chi connectivity index (χ1) is 8.31. The Morgan fingerprint density at radius 3 is 2.22 bits per heavy atom. The van der Waals surface area contributed by atoms with E-state index in [1.165, 1.54) is 0 Å². The van der Waals surface area contributed by atoms with Crippen LogP contribution >= 0.6 is 25.3 Å². The van der Waals surface area contributed by atoms with Crippen LogP contribution in [0.5, 0.6) is 0 Å². The molecule has 0 aromatic heterocycles. The van der Waals surface area contributed by atoms with Crippen molar-refractivity contribution in [1.82, 2.24) is 16.0 Å². The first-order valence-corrected chi connectivity index (χ1v) is 7.83. The molecular weight excluding hydrogens is 262 g/mol. The molecule has 0 amide bonds. The summed E-state index contributed by atoms with van der Waals surface area (Å²) in [5.41, 5.74) is 0. The number of hydrogen-bond donors (Lipinski definition) is 5. The maximum absolute atomic E-state index is 4.57. The smallest absolute Gasteiger partial charge is 0.0198 e. The zero-order valence-corrected chi connectivity index (χ0v) is 14.1. The van der Waals surface area contributed by atoms with Crippen LogP contribution in [0.3, 0.4) is 0 Å². The molecule has 0 aliphatic carbocycles. The zero-order valence-electron chi connectivity index (χ0n) is 12.3. The first-order valence-electron chi connectivity index (χ1n) is 6.86. The molecule has 18 heavy (non-hydrogen) atoms. The highest BCUT2D eigenvalue weighted by atomic mass is 32.1. The summed E-state index contributed by atoms with van der Waals surface area (Å²) < 4.78 is 0.0641. The minimum absolute atomic E-state index is 0.0641. The largest absolute Gasteiger partial charge is 0.314 e. The summed E-state index contributed by atoms with van der Waals surface area (Å²) in [7, 11) is 0. The Labute approximate surface area is 124 Å². The van der Waals surface area contributed by atoms with Gasteiger partial charge in [0.15, 0.2) is 0 Å². The molecule has 0 aliphatic heterocycles. The fourth-order valence-electron chi connectivity index (χ4n) is 1.48. The van der Waals surface area contributed by atoms with Gasteiger partial charge in [-0.3, -0.25) is 0 Å². The van der Waals surface area contributed by atoms with Crippen LogP contribution in [0.2, 0.25) is 0 Å². The summed E-state index contributed by atoms with van der Waals surface area (Å²) in [6, 6.07) is 0.562. The third-order valence-electron chi connectivity index (χ3n) is 2.45. The predicted molar refractivity (Wildman–Crippen MR) is 89.3 cm³/mol. The Bertz CT molecular complexity index is 193. The number of rotatable bonds is 11. The van der Waals surface area contributed by atoms with E-state index in [0.29, 0.717) is 11.3 Å². The van der Waals surface area contributed by atoms with Crippen molar-refractivity contribution in [1.29, 1.82) is 0 Å². The highest BCUT2D eigenvalue weighted by Crippen LogP contribution is 2.08. The molecule has 0 bridgehead atoms. The average molecular weight is 294 g/mol. The monoisotopic (exact) mass is 293 g/mol. The van der Waals surface area contributed by atoms with E-state index in [4.69, 9.17) is 0 Å². The molecule has 0 aromatic rings. The van der Waals surface area contributed by atoms with Crippen molar-refractivity contribution < 1.29 is 0 Å². The minimum atomic E-state index is 0.0641. The lowest BCUT2D eigenvalue weighted by atomic mass is 10.2. The van der Waals surface area contributed by atoms with E-state index in [0.717, 1.165) is 39.1 Å². The van der Waals surface area contributed by atoms with Crippen LogP contribution in [-0.2, 0) is 0 Å². The summed E-state index contributed by atoms with van der Waals surface area (Å²) in [5, 5.41) is 10.6. The average Bonchev–Trinajstić information content (AvgIpc) is 2.21. The summed E-state index contributed by atoms with van der Waals surface area (Å²) in [5.74, 6) is 0. The van der Waals surface area contributed by atoms with Gasteiger partial charge >= 0.3 is 0 Å². The Kier molecular flexibility index (Phi) is 10.7. The van der Waals surface area contributed by atoms with Crippen LogP contribution in [0.25, 0.3) is 0 Å². The van der Waals surface area contributed by atoms with E-state index in [-0.39, 0.29) is 4.75 Å². The minimum Gasteiger partial charge on any atom is -0.314 e. The zero-order chi connectivity index (χ0) is 14.0. The summed E-state index contributed by atoms with van der Waals surface area (Å²) in [6.07, 6.45) is 1.10. The highest BCUT2D eigenvalue weighted by Gasteiger charge is 2.09. The van der Waals surface area contributed by atoms with E-state index in [9.17, 15) is 0 Å². The predicted octanol–water partition coefficient (Wildman–Crippen LogP) is 1.56. The fourth-order valence-corrected chi connectivity index (χ4v) is 1.85. The molecule has 0 spiro atoms. The third kappa shape index (κ3) is 14.6. The van der Waals surface area contributed by atoms with E-state index in [2.05, 4.69) is 68.9 Å². The molecule has 0 radical (unpaired) electrons. The molecule has 0 aromatic carbocycles. The molecule has 0 saturated carbocycles. The van der Waals surface area contributed by atoms with Gasteiger partial charge in [-0.25, -0.2) is 0 Å². The van der Waals surface area contributed by atoms with Crippen molar-refractivity contribution >= 4 is 25.3 Å².